The van der Waals surface area contributed by atoms with Gasteiger partial charge in [-0.25, -0.2) is 9.78 Å². The van der Waals surface area contributed by atoms with E-state index in [1.807, 2.05) is 12.1 Å². The predicted octanol–water partition coefficient (Wildman–Crippen LogP) is 3.49. The van der Waals surface area contributed by atoms with Crippen LogP contribution in [0.5, 0.6) is 0 Å². The molecule has 0 radical (unpaired) electrons. The summed E-state index contributed by atoms with van der Waals surface area (Å²) in [4.78, 5) is 29.7. The van der Waals surface area contributed by atoms with Gasteiger partial charge in [0, 0.05) is 24.8 Å². The zero-order valence-electron chi connectivity index (χ0n) is 14.3. The number of hydrogen-bond donors (Lipinski definition) is 1. The quantitative estimate of drug-likeness (QED) is 0.825. The summed E-state index contributed by atoms with van der Waals surface area (Å²) in [7, 11) is 1.41. The molecule has 0 saturated carbocycles. The SMILES string of the molecule is COC(=O)C1CCN(c2ncccc2-c2ccc(Cl)c(C(=O)O)c2)CC1. The Hall–Kier alpha value is -2.60. The highest BCUT2D eigenvalue weighted by Gasteiger charge is 2.27. The molecule has 7 heteroatoms. The van der Waals surface area contributed by atoms with Crippen LogP contribution < -0.4 is 4.90 Å². The lowest BCUT2D eigenvalue weighted by Crippen LogP contribution is -2.37. The largest absolute Gasteiger partial charge is 0.478 e. The van der Waals surface area contributed by atoms with Crippen molar-refractivity contribution < 1.29 is 19.4 Å². The summed E-state index contributed by atoms with van der Waals surface area (Å²) in [5.74, 6) is -0.553. The number of nitrogens with zero attached hydrogens (tertiary/aromatic N) is 2. The molecule has 136 valence electrons. The number of piperidine rings is 1. The molecular weight excluding hydrogens is 356 g/mol. The fourth-order valence-electron chi connectivity index (χ4n) is 3.22. The Morgan fingerprint density at radius 2 is 2.00 bits per heavy atom. The summed E-state index contributed by atoms with van der Waals surface area (Å²) in [6, 6.07) is 8.65. The second-order valence-corrected chi connectivity index (χ2v) is 6.57. The summed E-state index contributed by atoms with van der Waals surface area (Å²) < 4.78 is 4.83. The molecule has 0 atom stereocenters. The number of halogens is 1. The van der Waals surface area contributed by atoms with E-state index in [-0.39, 0.29) is 22.5 Å². The number of aromatic nitrogens is 1. The van der Waals surface area contributed by atoms with E-state index in [9.17, 15) is 14.7 Å². The number of carboxylic acid groups (broad SMARTS) is 1. The Balaban J connectivity index is 1.89. The third-order valence-corrected chi connectivity index (χ3v) is 4.95. The van der Waals surface area contributed by atoms with E-state index in [4.69, 9.17) is 16.3 Å². The molecule has 0 amide bonds. The van der Waals surface area contributed by atoms with E-state index in [0.717, 1.165) is 16.9 Å². The Morgan fingerprint density at radius 3 is 2.65 bits per heavy atom. The van der Waals surface area contributed by atoms with Crippen molar-refractivity contribution in [2.45, 2.75) is 12.8 Å². The monoisotopic (exact) mass is 374 g/mol. The zero-order valence-corrected chi connectivity index (χ0v) is 15.1. The first-order valence-electron chi connectivity index (χ1n) is 8.32. The number of ether oxygens (including phenoxy) is 1. The molecule has 1 aromatic carbocycles. The standard InChI is InChI=1S/C19H19ClN2O4/c1-26-19(25)12-6-9-22(10-7-12)17-14(3-2-8-21-17)13-4-5-16(20)15(11-13)18(23)24/h2-5,8,11-12H,6-7,9-10H2,1H3,(H,23,24). The van der Waals surface area contributed by atoms with E-state index in [1.165, 1.54) is 7.11 Å². The molecule has 0 aliphatic carbocycles. The van der Waals surface area contributed by atoms with Crippen molar-refractivity contribution >= 4 is 29.4 Å². The van der Waals surface area contributed by atoms with Gasteiger partial charge in [-0.15, -0.1) is 0 Å². The molecule has 2 aromatic rings. The lowest BCUT2D eigenvalue weighted by molar-refractivity contribution is -0.146. The zero-order chi connectivity index (χ0) is 18.7. The first-order chi connectivity index (χ1) is 12.5. The summed E-state index contributed by atoms with van der Waals surface area (Å²) in [6.07, 6.45) is 3.10. The number of carbonyl (C=O) groups excluding carboxylic acids is 1. The molecule has 0 unspecified atom stereocenters. The van der Waals surface area contributed by atoms with Crippen molar-refractivity contribution in [2.75, 3.05) is 25.1 Å². The molecule has 26 heavy (non-hydrogen) atoms. The van der Waals surface area contributed by atoms with Crippen molar-refractivity contribution in [2.24, 2.45) is 5.92 Å². The maximum absolute atomic E-state index is 11.7. The minimum Gasteiger partial charge on any atom is -0.478 e. The number of hydrogen-bond acceptors (Lipinski definition) is 5. The molecule has 1 N–H and O–H groups in total. The molecule has 2 heterocycles. The summed E-state index contributed by atoms with van der Waals surface area (Å²) in [6.45, 7) is 1.37. The molecule has 0 spiro atoms. The van der Waals surface area contributed by atoms with Crippen LogP contribution in [0, 0.1) is 5.92 Å². The smallest absolute Gasteiger partial charge is 0.337 e. The number of methoxy groups -OCH3 is 1. The number of rotatable bonds is 4. The van der Waals surface area contributed by atoms with Gasteiger partial charge in [0.15, 0.2) is 0 Å². The molecule has 1 saturated heterocycles. The van der Waals surface area contributed by atoms with Crippen LogP contribution in [0.1, 0.15) is 23.2 Å². The first kappa shape index (κ1) is 18.2. The fourth-order valence-corrected chi connectivity index (χ4v) is 3.42. The maximum Gasteiger partial charge on any atom is 0.337 e. The normalized spacial score (nSPS) is 14.9. The lowest BCUT2D eigenvalue weighted by atomic mass is 9.96. The molecule has 0 bridgehead atoms. The topological polar surface area (TPSA) is 79.7 Å². The highest BCUT2D eigenvalue weighted by molar-refractivity contribution is 6.33. The van der Waals surface area contributed by atoms with Crippen LogP contribution in [-0.4, -0.2) is 42.2 Å². The van der Waals surface area contributed by atoms with Crippen LogP contribution in [0.4, 0.5) is 5.82 Å². The molecule has 3 rings (SSSR count). The van der Waals surface area contributed by atoms with E-state index in [2.05, 4.69) is 9.88 Å². The number of esters is 1. The highest BCUT2D eigenvalue weighted by atomic mass is 35.5. The van der Waals surface area contributed by atoms with Gasteiger partial charge < -0.3 is 14.7 Å². The Kier molecular flexibility index (Phi) is 5.42. The van der Waals surface area contributed by atoms with Crippen molar-refractivity contribution in [3.63, 3.8) is 0 Å². The van der Waals surface area contributed by atoms with E-state index in [1.54, 1.807) is 24.4 Å². The molecule has 1 aromatic heterocycles. The van der Waals surface area contributed by atoms with Crippen molar-refractivity contribution in [3.8, 4) is 11.1 Å². The summed E-state index contributed by atoms with van der Waals surface area (Å²) in [5, 5.41) is 9.50. The van der Waals surface area contributed by atoms with Crippen LogP contribution in [-0.2, 0) is 9.53 Å². The Morgan fingerprint density at radius 1 is 1.27 bits per heavy atom. The van der Waals surface area contributed by atoms with Gasteiger partial charge in [0.25, 0.3) is 0 Å². The van der Waals surface area contributed by atoms with Gasteiger partial charge >= 0.3 is 11.9 Å². The lowest BCUT2D eigenvalue weighted by Gasteiger charge is -2.32. The molecular formula is C19H19ClN2O4. The second kappa shape index (κ2) is 7.74. The van der Waals surface area contributed by atoms with Crippen LogP contribution in [0.2, 0.25) is 5.02 Å². The van der Waals surface area contributed by atoms with E-state index >= 15 is 0 Å². The fraction of sp³-hybridized carbons (Fsp3) is 0.316. The van der Waals surface area contributed by atoms with Gasteiger partial charge in [-0.05, 0) is 42.7 Å². The van der Waals surface area contributed by atoms with E-state index in [0.29, 0.717) is 25.9 Å². The average Bonchev–Trinajstić information content (AvgIpc) is 2.67. The average molecular weight is 375 g/mol. The highest BCUT2D eigenvalue weighted by Crippen LogP contribution is 2.33. The second-order valence-electron chi connectivity index (χ2n) is 6.16. The molecule has 1 aliphatic rings. The Labute approximate surface area is 156 Å². The number of aromatic carboxylic acids is 1. The van der Waals surface area contributed by atoms with Crippen LogP contribution in [0.15, 0.2) is 36.5 Å². The van der Waals surface area contributed by atoms with Gasteiger partial charge in [-0.3, -0.25) is 4.79 Å². The van der Waals surface area contributed by atoms with Gasteiger partial charge in [-0.1, -0.05) is 17.7 Å². The summed E-state index contributed by atoms with van der Waals surface area (Å²) >= 11 is 5.98. The number of carboxylic acids is 1. The van der Waals surface area contributed by atoms with Crippen molar-refractivity contribution in [1.29, 1.82) is 0 Å². The third kappa shape index (κ3) is 3.65. The minimum atomic E-state index is -1.07. The molecule has 6 nitrogen and oxygen atoms in total. The van der Waals surface area contributed by atoms with Crippen LogP contribution in [0.25, 0.3) is 11.1 Å². The van der Waals surface area contributed by atoms with Gasteiger partial charge in [0.1, 0.15) is 5.82 Å². The summed E-state index contributed by atoms with van der Waals surface area (Å²) in [5.41, 5.74) is 1.64. The molecule has 1 aliphatic heterocycles. The van der Waals surface area contributed by atoms with Gasteiger partial charge in [0.05, 0.1) is 23.6 Å². The van der Waals surface area contributed by atoms with Gasteiger partial charge in [0.2, 0.25) is 0 Å². The number of anilines is 1. The van der Waals surface area contributed by atoms with Crippen molar-refractivity contribution in [1.82, 2.24) is 4.98 Å². The van der Waals surface area contributed by atoms with E-state index < -0.39 is 5.97 Å². The predicted molar refractivity (Wildman–Crippen MR) is 98.6 cm³/mol. The number of carbonyl (C=O) groups is 2. The molecule has 1 fully saturated rings. The number of benzene rings is 1. The third-order valence-electron chi connectivity index (χ3n) is 4.62. The maximum atomic E-state index is 11.7. The Bertz CT molecular complexity index is 832. The first-order valence-corrected chi connectivity index (χ1v) is 8.70. The number of pyridine rings is 1. The van der Waals surface area contributed by atoms with Crippen LogP contribution in [0.3, 0.4) is 0 Å². The minimum absolute atomic E-state index is 0.0587. The van der Waals surface area contributed by atoms with Gasteiger partial charge in [-0.2, -0.15) is 0 Å². The van der Waals surface area contributed by atoms with Crippen LogP contribution >= 0.6 is 11.6 Å². The van der Waals surface area contributed by atoms with Crippen molar-refractivity contribution in [3.05, 3.63) is 47.1 Å².